The Morgan fingerprint density at radius 2 is 0.423 bits per heavy atom. The second kappa shape index (κ2) is 23.2. The van der Waals surface area contributed by atoms with Crippen molar-refractivity contribution in [3.8, 4) is 0 Å². The zero-order valence-corrected chi connectivity index (χ0v) is 43.4. The molecule has 11 aromatic rings. The van der Waals surface area contributed by atoms with Gasteiger partial charge in [-0.3, -0.25) is 0 Å². The van der Waals surface area contributed by atoms with Crippen molar-refractivity contribution in [1.82, 2.24) is 0 Å². The Morgan fingerprint density at radius 1 is 0.218 bits per heavy atom. The quantitative estimate of drug-likeness (QED) is 0.0894. The monoisotopic (exact) mass is 1000 g/mol. The van der Waals surface area contributed by atoms with E-state index in [9.17, 15) is 0 Å². The SMILES string of the molecule is C1=CCCC(N(c2ccccc2)c2ccc(C(=C(c3ccc(N(c4ccccc4)c4ccccc4)cc3)c3ccc(N(c4ccccc4)c4ccccc4)cc3)c3ccc(N(c4ccccc4)c4ccccc4)cc3)cc2)=C1. The molecule has 0 saturated heterocycles. The fraction of sp³-hybridized carbons (Fsp3) is 0.0270. The lowest BCUT2D eigenvalue weighted by Gasteiger charge is -2.29. The first-order valence-electron chi connectivity index (χ1n) is 26.8. The molecule has 12 rings (SSSR count). The maximum absolute atomic E-state index is 2.40. The van der Waals surface area contributed by atoms with Gasteiger partial charge in [-0.05, 0) is 186 Å². The van der Waals surface area contributed by atoms with Crippen LogP contribution in [-0.2, 0) is 0 Å². The summed E-state index contributed by atoms with van der Waals surface area (Å²) in [6, 6.07) is 111. The highest BCUT2D eigenvalue weighted by atomic mass is 15.2. The van der Waals surface area contributed by atoms with E-state index in [4.69, 9.17) is 0 Å². The number of benzene rings is 11. The van der Waals surface area contributed by atoms with E-state index in [1.807, 2.05) is 0 Å². The number of rotatable bonds is 16. The highest BCUT2D eigenvalue weighted by molar-refractivity contribution is 6.05. The second-order valence-electron chi connectivity index (χ2n) is 19.3. The highest BCUT2D eigenvalue weighted by Gasteiger charge is 2.22. The third-order valence-corrected chi connectivity index (χ3v) is 14.3. The summed E-state index contributed by atoms with van der Waals surface area (Å²) in [4.78, 5) is 9.37. The van der Waals surface area contributed by atoms with E-state index in [1.165, 1.54) is 5.70 Å². The summed E-state index contributed by atoms with van der Waals surface area (Å²) in [6.45, 7) is 0. The molecule has 0 spiro atoms. The van der Waals surface area contributed by atoms with E-state index >= 15 is 0 Å². The van der Waals surface area contributed by atoms with E-state index in [2.05, 4.69) is 347 Å². The van der Waals surface area contributed by atoms with Gasteiger partial charge in [-0.25, -0.2) is 0 Å². The molecule has 0 atom stereocenters. The van der Waals surface area contributed by atoms with E-state index in [1.54, 1.807) is 0 Å². The molecule has 0 heterocycles. The maximum atomic E-state index is 2.40. The summed E-state index contributed by atoms with van der Waals surface area (Å²) < 4.78 is 0. The van der Waals surface area contributed by atoms with Crippen molar-refractivity contribution in [2.24, 2.45) is 0 Å². The molecule has 4 heteroatoms. The lowest BCUT2D eigenvalue weighted by atomic mass is 9.85. The molecule has 0 radical (unpaired) electrons. The van der Waals surface area contributed by atoms with Crippen LogP contribution in [0, 0.1) is 0 Å². The molecular formula is C74H58N4. The average molecular weight is 1000 g/mol. The third kappa shape index (κ3) is 10.6. The van der Waals surface area contributed by atoms with Crippen molar-refractivity contribution < 1.29 is 0 Å². The number of hydrogen-bond donors (Lipinski definition) is 0. The molecule has 0 bridgehead atoms. The van der Waals surface area contributed by atoms with Gasteiger partial charge < -0.3 is 19.6 Å². The molecule has 0 amide bonds. The topological polar surface area (TPSA) is 13.0 Å². The van der Waals surface area contributed by atoms with Gasteiger partial charge in [0.2, 0.25) is 0 Å². The molecule has 11 aromatic carbocycles. The molecule has 78 heavy (non-hydrogen) atoms. The Labute approximate surface area is 459 Å². The van der Waals surface area contributed by atoms with Gasteiger partial charge in [0, 0.05) is 68.3 Å². The molecule has 1 aliphatic carbocycles. The number of anilines is 11. The smallest absolute Gasteiger partial charge is 0.0462 e. The molecule has 0 N–H and O–H groups in total. The Morgan fingerprint density at radius 3 is 0.641 bits per heavy atom. The van der Waals surface area contributed by atoms with Crippen LogP contribution in [0.3, 0.4) is 0 Å². The predicted octanol–water partition coefficient (Wildman–Crippen LogP) is 20.5. The van der Waals surface area contributed by atoms with Crippen LogP contribution in [0.1, 0.15) is 35.1 Å². The third-order valence-electron chi connectivity index (χ3n) is 14.3. The maximum Gasteiger partial charge on any atom is 0.0462 e. The zero-order valence-electron chi connectivity index (χ0n) is 43.4. The molecular weight excluding hydrogens is 945 g/mol. The van der Waals surface area contributed by atoms with Crippen molar-refractivity contribution in [3.63, 3.8) is 0 Å². The first kappa shape index (κ1) is 48.8. The number of para-hydroxylation sites is 7. The second-order valence-corrected chi connectivity index (χ2v) is 19.3. The van der Waals surface area contributed by atoms with Crippen LogP contribution in [0.15, 0.2) is 333 Å². The molecule has 0 fully saturated rings. The Hall–Kier alpha value is -10.2. The Balaban J connectivity index is 1.07. The van der Waals surface area contributed by atoms with Crippen LogP contribution in [0.25, 0.3) is 11.1 Å². The van der Waals surface area contributed by atoms with E-state index < -0.39 is 0 Å². The number of allylic oxidation sites excluding steroid dienone is 4. The van der Waals surface area contributed by atoms with Gasteiger partial charge in [0.25, 0.3) is 0 Å². The van der Waals surface area contributed by atoms with Gasteiger partial charge in [0.1, 0.15) is 0 Å². The zero-order chi connectivity index (χ0) is 52.3. The number of nitrogens with zero attached hydrogens (tertiary/aromatic N) is 4. The Kier molecular flexibility index (Phi) is 14.5. The summed E-state index contributed by atoms with van der Waals surface area (Å²) in [5.41, 5.74) is 19.9. The van der Waals surface area contributed by atoms with Gasteiger partial charge in [0.15, 0.2) is 0 Å². The van der Waals surface area contributed by atoms with Gasteiger partial charge in [-0.15, -0.1) is 0 Å². The van der Waals surface area contributed by atoms with E-state index in [0.29, 0.717) is 0 Å². The molecule has 0 aromatic heterocycles. The summed E-state index contributed by atoms with van der Waals surface area (Å²) in [7, 11) is 0. The van der Waals surface area contributed by atoms with Crippen LogP contribution < -0.4 is 19.6 Å². The summed E-state index contributed by atoms with van der Waals surface area (Å²) in [5.74, 6) is 0. The van der Waals surface area contributed by atoms with Crippen molar-refractivity contribution in [3.05, 3.63) is 356 Å². The van der Waals surface area contributed by atoms with Crippen LogP contribution in [-0.4, -0.2) is 0 Å². The molecule has 4 nitrogen and oxygen atoms in total. The van der Waals surface area contributed by atoms with Crippen LogP contribution in [0.4, 0.5) is 62.6 Å². The minimum absolute atomic E-state index is 0.960. The van der Waals surface area contributed by atoms with E-state index in [-0.39, 0.29) is 0 Å². The number of hydrogen-bond acceptors (Lipinski definition) is 4. The Bertz CT molecular complexity index is 3520. The van der Waals surface area contributed by atoms with Gasteiger partial charge in [-0.2, -0.15) is 0 Å². The average Bonchev–Trinajstić information content (AvgIpc) is 3.56. The normalized spacial score (nSPS) is 11.8. The first-order chi connectivity index (χ1) is 38.7. The fourth-order valence-corrected chi connectivity index (χ4v) is 10.7. The van der Waals surface area contributed by atoms with Crippen molar-refractivity contribution >= 4 is 73.7 Å². The lowest BCUT2D eigenvalue weighted by molar-refractivity contribution is 0.917. The first-order valence-corrected chi connectivity index (χ1v) is 26.8. The minimum Gasteiger partial charge on any atom is -0.314 e. The molecule has 0 saturated carbocycles. The molecule has 0 unspecified atom stereocenters. The van der Waals surface area contributed by atoms with Gasteiger partial charge in [-0.1, -0.05) is 188 Å². The predicted molar refractivity (Wildman–Crippen MR) is 330 cm³/mol. The van der Waals surface area contributed by atoms with Crippen LogP contribution in [0.5, 0.6) is 0 Å². The summed E-state index contributed by atoms with van der Waals surface area (Å²) >= 11 is 0. The van der Waals surface area contributed by atoms with Crippen molar-refractivity contribution in [2.75, 3.05) is 19.6 Å². The van der Waals surface area contributed by atoms with Crippen molar-refractivity contribution in [2.45, 2.75) is 12.8 Å². The molecule has 1 aliphatic rings. The van der Waals surface area contributed by atoms with Crippen LogP contribution in [0.2, 0.25) is 0 Å². The molecule has 0 aliphatic heterocycles. The van der Waals surface area contributed by atoms with Gasteiger partial charge in [0.05, 0.1) is 0 Å². The fourth-order valence-electron chi connectivity index (χ4n) is 10.7. The largest absolute Gasteiger partial charge is 0.314 e. The molecule has 374 valence electrons. The van der Waals surface area contributed by atoms with E-state index in [0.717, 1.165) is 109 Å². The van der Waals surface area contributed by atoms with Gasteiger partial charge >= 0.3 is 0 Å². The standard InChI is InChI=1S/C74H58N4/c1-9-25-61(26-10-1)75(62-27-11-2-12-28-62)69-49-41-57(42-50-69)73(58-43-51-70(52-44-58)76(63-29-13-3-14-30-63)64-31-15-4-16-32-64)74(59-45-53-71(54-46-59)77(65-33-17-5-18-34-65)66-35-19-6-20-36-66)60-47-55-72(56-48-60)78(67-37-21-7-22-38-67)68-39-23-8-24-40-68/h1-23,25-39,41-56H,24,40H2. The van der Waals surface area contributed by atoms with Crippen LogP contribution >= 0.6 is 0 Å². The minimum atomic E-state index is 0.960. The lowest BCUT2D eigenvalue weighted by Crippen LogP contribution is -2.17. The van der Waals surface area contributed by atoms with Crippen molar-refractivity contribution in [1.29, 1.82) is 0 Å². The highest BCUT2D eigenvalue weighted by Crippen LogP contribution is 2.44. The summed E-state index contributed by atoms with van der Waals surface area (Å²) in [6.07, 6.45) is 8.66. The summed E-state index contributed by atoms with van der Waals surface area (Å²) in [5, 5.41) is 0.